The van der Waals surface area contributed by atoms with E-state index in [1.165, 1.54) is 0 Å². The fraction of sp³-hybridized carbons (Fsp3) is 0.417. The second-order valence-corrected chi connectivity index (χ2v) is 7.64. The summed E-state index contributed by atoms with van der Waals surface area (Å²) < 4.78 is 5.89. The molecule has 0 bridgehead atoms. The number of nitrogen functional groups attached to an aromatic ring is 1. The van der Waals surface area contributed by atoms with Gasteiger partial charge in [-0.3, -0.25) is 5.41 Å². The number of carboxylic acids is 1. The Morgan fingerprint density at radius 1 is 1.19 bits per heavy atom. The molecule has 0 saturated carbocycles. The number of aliphatic hydroxyl groups excluding tert-OH is 1. The molecule has 0 aromatic heterocycles. The second kappa shape index (κ2) is 11.4. The molecule has 0 heterocycles. The molecule has 7 heteroatoms. The summed E-state index contributed by atoms with van der Waals surface area (Å²) >= 11 is 0. The van der Waals surface area contributed by atoms with Gasteiger partial charge in [0.05, 0.1) is 6.61 Å². The Morgan fingerprint density at radius 2 is 1.84 bits per heavy atom. The van der Waals surface area contributed by atoms with Crippen LogP contribution < -0.4 is 15.8 Å². The zero-order chi connectivity index (χ0) is 23.0. The van der Waals surface area contributed by atoms with Crippen LogP contribution >= 0.6 is 0 Å². The number of nitrogens with two attached hydrogens (primary N) is 1. The van der Waals surface area contributed by atoms with Crippen LogP contribution in [-0.2, 0) is 11.2 Å². The highest BCUT2D eigenvalue weighted by Gasteiger charge is 2.27. The summed E-state index contributed by atoms with van der Waals surface area (Å²) in [7, 11) is 0. The number of anilines is 1. The molecule has 0 aliphatic heterocycles. The van der Waals surface area contributed by atoms with Crippen LogP contribution in [0.5, 0.6) is 5.75 Å². The molecule has 0 saturated heterocycles. The van der Waals surface area contributed by atoms with Crippen molar-refractivity contribution >= 4 is 17.5 Å². The quantitative estimate of drug-likeness (QED) is 0.257. The summed E-state index contributed by atoms with van der Waals surface area (Å²) in [6.45, 7) is 6.18. The molecule has 0 amide bonds. The van der Waals surface area contributed by atoms with Crippen LogP contribution in [0.2, 0.25) is 0 Å². The molecule has 2 atom stereocenters. The summed E-state index contributed by atoms with van der Waals surface area (Å²) in [5.74, 6) is -0.392. The summed E-state index contributed by atoms with van der Waals surface area (Å²) in [6.07, 6.45) is 2.65. The molecule has 0 aliphatic carbocycles. The van der Waals surface area contributed by atoms with Crippen molar-refractivity contribution < 1.29 is 19.7 Å². The van der Waals surface area contributed by atoms with E-state index in [-0.39, 0.29) is 25.0 Å². The van der Waals surface area contributed by atoms with Gasteiger partial charge in [0.2, 0.25) is 0 Å². The summed E-state index contributed by atoms with van der Waals surface area (Å²) in [6, 6.07) is 9.68. The van der Waals surface area contributed by atoms with E-state index >= 15 is 0 Å². The Hall–Kier alpha value is -3.06. The molecule has 2 aromatic carbocycles. The average molecular weight is 428 g/mol. The lowest BCUT2D eigenvalue weighted by atomic mass is 9.89. The van der Waals surface area contributed by atoms with Crippen molar-refractivity contribution in [3.05, 3.63) is 58.7 Å². The number of carboxylic acid groups (broad SMARTS) is 1. The molecule has 0 aliphatic rings. The first kappa shape index (κ1) is 24.2. The number of amidine groups is 1. The van der Waals surface area contributed by atoms with E-state index < -0.39 is 12.0 Å². The van der Waals surface area contributed by atoms with Crippen molar-refractivity contribution in [1.82, 2.24) is 0 Å². The predicted molar refractivity (Wildman–Crippen MR) is 123 cm³/mol. The minimum Gasteiger partial charge on any atom is -0.491 e. The lowest BCUT2D eigenvalue weighted by Gasteiger charge is -2.25. The van der Waals surface area contributed by atoms with E-state index in [0.29, 0.717) is 22.6 Å². The van der Waals surface area contributed by atoms with Gasteiger partial charge in [0.25, 0.3) is 0 Å². The third-order valence-electron chi connectivity index (χ3n) is 5.29. The van der Waals surface area contributed by atoms with Gasteiger partial charge in [-0.2, -0.15) is 0 Å². The standard InChI is InChI=1S/C24H33N3O4/c1-4-6-16-13-19(15(3)5-2)22(31-12-11-28)20(14-16)21(24(29)30)27-18-9-7-17(8-10-18)23(25)26/h7-10,13-15,21,27-28H,4-6,11-12H2,1-3H3,(H3,25,26)(H,29,30). The van der Waals surface area contributed by atoms with Crippen LogP contribution in [0.15, 0.2) is 36.4 Å². The summed E-state index contributed by atoms with van der Waals surface area (Å²) in [5, 5.41) is 30.0. The van der Waals surface area contributed by atoms with Gasteiger partial charge in [-0.05, 0) is 60.2 Å². The molecule has 0 fully saturated rings. The minimum absolute atomic E-state index is 0.0495. The maximum atomic E-state index is 12.3. The van der Waals surface area contributed by atoms with Gasteiger partial charge < -0.3 is 26.0 Å². The SMILES string of the molecule is CCCc1cc(C(C)CC)c(OCCO)c(C(Nc2ccc(C(=N)N)cc2)C(=O)O)c1. The van der Waals surface area contributed by atoms with Crippen molar-refractivity contribution in [2.24, 2.45) is 5.73 Å². The molecular formula is C24H33N3O4. The third-order valence-corrected chi connectivity index (χ3v) is 5.29. The molecule has 0 radical (unpaired) electrons. The third kappa shape index (κ3) is 6.21. The zero-order valence-corrected chi connectivity index (χ0v) is 18.4. The highest BCUT2D eigenvalue weighted by atomic mass is 16.5. The second-order valence-electron chi connectivity index (χ2n) is 7.64. The van der Waals surface area contributed by atoms with Gasteiger partial charge in [0.1, 0.15) is 18.2 Å². The summed E-state index contributed by atoms with van der Waals surface area (Å²) in [4.78, 5) is 12.3. The van der Waals surface area contributed by atoms with Crippen LogP contribution in [0.25, 0.3) is 0 Å². The van der Waals surface area contributed by atoms with Gasteiger partial charge in [-0.15, -0.1) is 0 Å². The first-order valence-electron chi connectivity index (χ1n) is 10.7. The Bertz CT molecular complexity index is 896. The Morgan fingerprint density at radius 3 is 2.35 bits per heavy atom. The van der Waals surface area contributed by atoms with Crippen LogP contribution in [0.4, 0.5) is 5.69 Å². The number of carbonyl (C=O) groups is 1. The van der Waals surface area contributed by atoms with Crippen molar-refractivity contribution in [2.45, 2.75) is 52.0 Å². The molecule has 31 heavy (non-hydrogen) atoms. The largest absolute Gasteiger partial charge is 0.491 e. The lowest BCUT2D eigenvalue weighted by Crippen LogP contribution is -2.23. The maximum absolute atomic E-state index is 12.3. The van der Waals surface area contributed by atoms with Crippen molar-refractivity contribution in [3.8, 4) is 5.75 Å². The van der Waals surface area contributed by atoms with E-state index in [1.54, 1.807) is 24.3 Å². The molecule has 0 spiro atoms. The normalized spacial score (nSPS) is 12.8. The first-order valence-corrected chi connectivity index (χ1v) is 10.7. The number of nitrogens with one attached hydrogen (secondary N) is 2. The van der Waals surface area contributed by atoms with Crippen LogP contribution in [-0.4, -0.2) is 35.2 Å². The van der Waals surface area contributed by atoms with E-state index in [9.17, 15) is 15.0 Å². The van der Waals surface area contributed by atoms with Gasteiger partial charge in [-0.25, -0.2) is 4.79 Å². The number of hydrogen-bond donors (Lipinski definition) is 5. The Balaban J connectivity index is 2.57. The zero-order valence-electron chi connectivity index (χ0n) is 18.4. The molecule has 2 unspecified atom stereocenters. The van der Waals surface area contributed by atoms with Crippen molar-refractivity contribution in [1.29, 1.82) is 5.41 Å². The van der Waals surface area contributed by atoms with Gasteiger partial charge in [0.15, 0.2) is 6.04 Å². The van der Waals surface area contributed by atoms with Gasteiger partial charge in [-0.1, -0.05) is 33.3 Å². The number of aryl methyl sites for hydroxylation is 1. The number of rotatable bonds is 12. The maximum Gasteiger partial charge on any atom is 0.330 e. The van der Waals surface area contributed by atoms with E-state index in [0.717, 1.165) is 30.4 Å². The number of aliphatic carboxylic acids is 1. The number of benzene rings is 2. The van der Waals surface area contributed by atoms with Crippen LogP contribution in [0.3, 0.4) is 0 Å². The molecule has 6 N–H and O–H groups in total. The molecule has 168 valence electrons. The average Bonchev–Trinajstić information content (AvgIpc) is 2.75. The predicted octanol–water partition coefficient (Wildman–Crippen LogP) is 4.05. The molecule has 2 aromatic rings. The lowest BCUT2D eigenvalue weighted by molar-refractivity contribution is -0.138. The van der Waals surface area contributed by atoms with E-state index in [2.05, 4.69) is 32.2 Å². The Labute approximate surface area is 183 Å². The summed E-state index contributed by atoms with van der Waals surface area (Å²) in [5.41, 5.74) is 9.22. The number of aliphatic hydroxyl groups is 1. The smallest absolute Gasteiger partial charge is 0.330 e. The first-order chi connectivity index (χ1) is 14.8. The number of hydrogen-bond acceptors (Lipinski definition) is 5. The van der Waals surface area contributed by atoms with Gasteiger partial charge in [0, 0.05) is 16.8 Å². The van der Waals surface area contributed by atoms with Gasteiger partial charge >= 0.3 is 5.97 Å². The monoisotopic (exact) mass is 427 g/mol. The van der Waals surface area contributed by atoms with E-state index in [1.807, 2.05) is 6.07 Å². The van der Waals surface area contributed by atoms with Crippen molar-refractivity contribution in [3.63, 3.8) is 0 Å². The molecule has 7 nitrogen and oxygen atoms in total. The van der Waals surface area contributed by atoms with Crippen LogP contribution in [0, 0.1) is 5.41 Å². The van der Waals surface area contributed by atoms with Crippen molar-refractivity contribution in [2.75, 3.05) is 18.5 Å². The fourth-order valence-electron chi connectivity index (χ4n) is 3.47. The molecular weight excluding hydrogens is 394 g/mol. The fourth-order valence-corrected chi connectivity index (χ4v) is 3.47. The highest BCUT2D eigenvalue weighted by Crippen LogP contribution is 2.38. The van der Waals surface area contributed by atoms with E-state index in [4.69, 9.17) is 15.9 Å². The molecule has 2 rings (SSSR count). The number of ether oxygens (including phenoxy) is 1. The highest BCUT2D eigenvalue weighted by molar-refractivity contribution is 5.95. The Kier molecular flexibility index (Phi) is 8.88. The minimum atomic E-state index is -1.04. The van der Waals surface area contributed by atoms with Crippen LogP contribution in [0.1, 0.15) is 67.8 Å². The topological polar surface area (TPSA) is 129 Å².